The first-order valence-corrected chi connectivity index (χ1v) is 6.47. The highest BCUT2D eigenvalue weighted by Gasteiger charge is 2.07. The number of hydrogen-bond acceptors (Lipinski definition) is 2. The van der Waals surface area contributed by atoms with E-state index in [-0.39, 0.29) is 12.4 Å². The van der Waals surface area contributed by atoms with Crippen LogP contribution in [0.5, 0.6) is 5.75 Å². The number of ether oxygens (including phenoxy) is 1. The molecule has 104 valence electrons. The monoisotopic (exact) mass is 279 g/mol. The lowest BCUT2D eigenvalue weighted by molar-refractivity contribution is 0.407. The fourth-order valence-corrected chi connectivity index (χ4v) is 2.18. The molecule has 2 aromatic rings. The van der Waals surface area contributed by atoms with E-state index >= 15 is 0 Å². The molecule has 3 heteroatoms. The maximum atomic E-state index is 5.47. The molecule has 0 aliphatic rings. The van der Waals surface area contributed by atoms with E-state index in [1.807, 2.05) is 0 Å². The van der Waals surface area contributed by atoms with Gasteiger partial charge in [0.1, 0.15) is 5.75 Å². The zero-order valence-electron chi connectivity index (χ0n) is 11.8. The number of nitrogens with one attached hydrogen (secondary N) is 1. The second-order valence-corrected chi connectivity index (χ2v) is 4.99. The number of rotatable bonds is 5. The third-order valence-corrected chi connectivity index (χ3v) is 3.07. The van der Waals surface area contributed by atoms with Crippen molar-refractivity contribution in [1.29, 1.82) is 0 Å². The van der Waals surface area contributed by atoms with Gasteiger partial charge in [-0.2, -0.15) is 0 Å². The van der Waals surface area contributed by atoms with Crippen LogP contribution in [-0.4, -0.2) is 13.7 Å². The van der Waals surface area contributed by atoms with Crippen LogP contribution in [0.4, 0.5) is 0 Å². The number of fused-ring (bicyclic) bond motifs is 1. The summed E-state index contributed by atoms with van der Waals surface area (Å²) in [7, 11) is 1.73. The first-order valence-electron chi connectivity index (χ1n) is 6.47. The van der Waals surface area contributed by atoms with Gasteiger partial charge in [-0.1, -0.05) is 44.2 Å². The Morgan fingerprint density at radius 1 is 1.11 bits per heavy atom. The topological polar surface area (TPSA) is 21.3 Å². The molecule has 0 bridgehead atoms. The minimum Gasteiger partial charge on any atom is -0.496 e. The van der Waals surface area contributed by atoms with Gasteiger partial charge in [0.25, 0.3) is 0 Å². The molecule has 0 aliphatic heterocycles. The van der Waals surface area contributed by atoms with E-state index in [2.05, 4.69) is 55.6 Å². The Balaban J connectivity index is 0.00000180. The number of benzene rings is 2. The van der Waals surface area contributed by atoms with Gasteiger partial charge in [-0.05, 0) is 29.3 Å². The zero-order chi connectivity index (χ0) is 13.0. The molecule has 0 fully saturated rings. The van der Waals surface area contributed by atoms with E-state index < -0.39 is 0 Å². The third kappa shape index (κ3) is 3.85. The molecule has 0 amide bonds. The van der Waals surface area contributed by atoms with Gasteiger partial charge in [0.2, 0.25) is 0 Å². The normalized spacial score (nSPS) is 10.5. The van der Waals surface area contributed by atoms with Crippen LogP contribution in [0.2, 0.25) is 0 Å². The zero-order valence-corrected chi connectivity index (χ0v) is 12.6. The van der Waals surface area contributed by atoms with Crippen molar-refractivity contribution in [3.05, 3.63) is 42.0 Å². The van der Waals surface area contributed by atoms with Gasteiger partial charge in [-0.3, -0.25) is 0 Å². The molecular weight excluding hydrogens is 258 g/mol. The van der Waals surface area contributed by atoms with Gasteiger partial charge < -0.3 is 10.1 Å². The Hall–Kier alpha value is -1.25. The first kappa shape index (κ1) is 15.8. The van der Waals surface area contributed by atoms with E-state index in [9.17, 15) is 0 Å². The summed E-state index contributed by atoms with van der Waals surface area (Å²) in [5, 5.41) is 6.02. The lowest BCUT2D eigenvalue weighted by atomic mass is 10.0. The smallest absolute Gasteiger partial charge is 0.123 e. The summed E-state index contributed by atoms with van der Waals surface area (Å²) in [6.07, 6.45) is 0. The van der Waals surface area contributed by atoms with Crippen LogP contribution in [0.1, 0.15) is 19.4 Å². The quantitative estimate of drug-likeness (QED) is 0.893. The number of methoxy groups -OCH3 is 1. The van der Waals surface area contributed by atoms with Crippen molar-refractivity contribution >= 4 is 23.2 Å². The highest BCUT2D eigenvalue weighted by molar-refractivity contribution is 5.87. The van der Waals surface area contributed by atoms with Crippen LogP contribution in [0.3, 0.4) is 0 Å². The van der Waals surface area contributed by atoms with Gasteiger partial charge in [0.05, 0.1) is 7.11 Å². The van der Waals surface area contributed by atoms with Crippen molar-refractivity contribution < 1.29 is 4.74 Å². The number of hydrogen-bond donors (Lipinski definition) is 1. The van der Waals surface area contributed by atoms with Crippen LogP contribution < -0.4 is 10.1 Å². The summed E-state index contributed by atoms with van der Waals surface area (Å²) in [6.45, 7) is 6.30. The minimum absolute atomic E-state index is 0. The van der Waals surface area contributed by atoms with E-state index in [0.29, 0.717) is 5.92 Å². The molecule has 0 aromatic heterocycles. The van der Waals surface area contributed by atoms with Crippen molar-refractivity contribution in [3.8, 4) is 5.75 Å². The fourth-order valence-electron chi connectivity index (χ4n) is 2.18. The average Bonchev–Trinajstić information content (AvgIpc) is 2.38. The van der Waals surface area contributed by atoms with E-state index in [1.54, 1.807) is 7.11 Å². The number of halogens is 1. The average molecular weight is 280 g/mol. The summed E-state index contributed by atoms with van der Waals surface area (Å²) >= 11 is 0. The van der Waals surface area contributed by atoms with Gasteiger partial charge in [0.15, 0.2) is 0 Å². The Morgan fingerprint density at radius 3 is 2.53 bits per heavy atom. The summed E-state index contributed by atoms with van der Waals surface area (Å²) < 4.78 is 5.47. The standard InChI is InChI=1S/C16H21NO.ClH/c1-12(2)10-17-11-15-14-7-5-4-6-13(14)8-9-16(15)18-3;/h4-9,12,17H,10-11H2,1-3H3;1H. The van der Waals surface area contributed by atoms with Crippen molar-refractivity contribution in [1.82, 2.24) is 5.32 Å². The maximum absolute atomic E-state index is 5.47. The van der Waals surface area contributed by atoms with Crippen LogP contribution in [0, 0.1) is 5.92 Å². The largest absolute Gasteiger partial charge is 0.496 e. The van der Waals surface area contributed by atoms with E-state index in [4.69, 9.17) is 4.74 Å². The Morgan fingerprint density at radius 2 is 1.84 bits per heavy atom. The van der Waals surface area contributed by atoms with Crippen LogP contribution in [0.25, 0.3) is 10.8 Å². The second kappa shape index (κ2) is 7.37. The molecule has 2 nitrogen and oxygen atoms in total. The molecule has 0 saturated carbocycles. The summed E-state index contributed by atoms with van der Waals surface area (Å²) in [4.78, 5) is 0. The molecule has 0 unspecified atom stereocenters. The summed E-state index contributed by atoms with van der Waals surface area (Å²) in [6, 6.07) is 12.6. The molecule has 2 aromatic carbocycles. The molecule has 0 aliphatic carbocycles. The maximum Gasteiger partial charge on any atom is 0.123 e. The highest BCUT2D eigenvalue weighted by Crippen LogP contribution is 2.27. The third-order valence-electron chi connectivity index (χ3n) is 3.07. The Labute approximate surface area is 121 Å². The summed E-state index contributed by atoms with van der Waals surface area (Å²) in [5.74, 6) is 1.62. The Bertz CT molecular complexity index is 525. The molecule has 1 N–H and O–H groups in total. The lowest BCUT2D eigenvalue weighted by Gasteiger charge is -2.14. The lowest BCUT2D eigenvalue weighted by Crippen LogP contribution is -2.19. The van der Waals surface area contributed by atoms with Crippen molar-refractivity contribution in [2.45, 2.75) is 20.4 Å². The van der Waals surface area contributed by atoms with E-state index in [0.717, 1.165) is 18.8 Å². The molecule has 0 saturated heterocycles. The molecule has 2 rings (SSSR count). The Kier molecular flexibility index (Phi) is 6.13. The van der Waals surface area contributed by atoms with Crippen LogP contribution in [0.15, 0.2) is 36.4 Å². The van der Waals surface area contributed by atoms with Crippen molar-refractivity contribution in [2.75, 3.05) is 13.7 Å². The fraction of sp³-hybridized carbons (Fsp3) is 0.375. The van der Waals surface area contributed by atoms with E-state index in [1.165, 1.54) is 16.3 Å². The van der Waals surface area contributed by atoms with Crippen molar-refractivity contribution in [3.63, 3.8) is 0 Å². The molecule has 0 heterocycles. The molecule has 0 atom stereocenters. The molecule has 0 radical (unpaired) electrons. The summed E-state index contributed by atoms with van der Waals surface area (Å²) in [5.41, 5.74) is 1.25. The van der Waals surface area contributed by atoms with Gasteiger partial charge in [-0.15, -0.1) is 12.4 Å². The van der Waals surface area contributed by atoms with Gasteiger partial charge >= 0.3 is 0 Å². The van der Waals surface area contributed by atoms with Gasteiger partial charge in [-0.25, -0.2) is 0 Å². The second-order valence-electron chi connectivity index (χ2n) is 4.99. The van der Waals surface area contributed by atoms with Crippen LogP contribution in [-0.2, 0) is 6.54 Å². The van der Waals surface area contributed by atoms with Crippen LogP contribution >= 0.6 is 12.4 Å². The van der Waals surface area contributed by atoms with Gasteiger partial charge in [0, 0.05) is 12.1 Å². The minimum atomic E-state index is 0. The van der Waals surface area contributed by atoms with Crippen molar-refractivity contribution in [2.24, 2.45) is 5.92 Å². The SMILES string of the molecule is COc1ccc2ccccc2c1CNCC(C)C.Cl. The molecule has 0 spiro atoms. The molecular formula is C16H22ClNO. The highest BCUT2D eigenvalue weighted by atomic mass is 35.5. The predicted molar refractivity (Wildman–Crippen MR) is 84.3 cm³/mol. The predicted octanol–water partition coefficient (Wildman–Crippen LogP) is 4.02. The molecule has 19 heavy (non-hydrogen) atoms. The first-order chi connectivity index (χ1) is 8.72.